The molecule has 8 heteroatoms. The Bertz CT molecular complexity index is 621. The van der Waals surface area contributed by atoms with Crippen molar-refractivity contribution in [1.82, 2.24) is 30.3 Å². The van der Waals surface area contributed by atoms with Crippen molar-refractivity contribution in [3.05, 3.63) is 12.2 Å². The maximum Gasteiger partial charge on any atom is 0.225 e. The lowest BCUT2D eigenvalue weighted by molar-refractivity contribution is -0.135. The fourth-order valence-corrected chi connectivity index (χ4v) is 3.80. The summed E-state index contributed by atoms with van der Waals surface area (Å²) in [6, 6.07) is 0.250. The molecule has 1 aromatic heterocycles. The molecule has 1 atom stereocenters. The predicted molar refractivity (Wildman–Crippen MR) is 101 cm³/mol. The van der Waals surface area contributed by atoms with Crippen LogP contribution in [-0.4, -0.2) is 57.2 Å². The van der Waals surface area contributed by atoms with Crippen LogP contribution in [0, 0.1) is 5.92 Å². The number of rotatable bonds is 5. The average molecular weight is 361 g/mol. The summed E-state index contributed by atoms with van der Waals surface area (Å²) in [5, 5.41) is 14.7. The highest BCUT2D eigenvalue weighted by molar-refractivity contribution is 5.81. The molecule has 2 aliphatic rings. The van der Waals surface area contributed by atoms with Crippen molar-refractivity contribution in [1.29, 1.82) is 0 Å². The van der Waals surface area contributed by atoms with E-state index in [1.807, 2.05) is 23.4 Å². The number of amides is 1. The quantitative estimate of drug-likeness (QED) is 0.605. The van der Waals surface area contributed by atoms with E-state index in [2.05, 4.69) is 25.8 Å². The zero-order chi connectivity index (χ0) is 18.4. The van der Waals surface area contributed by atoms with Gasteiger partial charge in [0, 0.05) is 38.6 Å². The number of aromatic nitrogens is 3. The van der Waals surface area contributed by atoms with Crippen molar-refractivity contribution in [2.24, 2.45) is 18.0 Å². The first-order valence-electron chi connectivity index (χ1n) is 9.84. The van der Waals surface area contributed by atoms with Crippen LogP contribution >= 0.6 is 0 Å². The molecule has 2 heterocycles. The molecule has 26 heavy (non-hydrogen) atoms. The normalized spacial score (nSPS) is 21.8. The lowest BCUT2D eigenvalue weighted by Crippen LogP contribution is -2.45. The maximum absolute atomic E-state index is 12.7. The van der Waals surface area contributed by atoms with E-state index in [1.54, 1.807) is 6.33 Å². The molecule has 0 radical (unpaired) electrons. The molecule has 2 N–H and O–H groups in total. The summed E-state index contributed by atoms with van der Waals surface area (Å²) in [6.07, 6.45) is 8.45. The van der Waals surface area contributed by atoms with E-state index in [0.29, 0.717) is 12.5 Å². The third kappa shape index (κ3) is 4.74. The van der Waals surface area contributed by atoms with E-state index in [9.17, 15) is 4.79 Å². The Labute approximate surface area is 155 Å². The number of nitrogens with one attached hydrogen (secondary N) is 2. The highest BCUT2D eigenvalue weighted by Crippen LogP contribution is 2.26. The molecule has 1 unspecified atom stereocenters. The highest BCUT2D eigenvalue weighted by Gasteiger charge is 2.31. The molecule has 1 saturated carbocycles. The van der Waals surface area contributed by atoms with Crippen molar-refractivity contribution >= 4 is 11.9 Å². The molecule has 0 spiro atoms. The van der Waals surface area contributed by atoms with Gasteiger partial charge in [0.2, 0.25) is 5.91 Å². The average Bonchev–Trinajstić information content (AvgIpc) is 3.29. The molecule has 3 rings (SSSR count). The zero-order valence-electron chi connectivity index (χ0n) is 15.9. The Kier molecular flexibility index (Phi) is 6.46. The minimum absolute atomic E-state index is 0.250. The summed E-state index contributed by atoms with van der Waals surface area (Å²) in [5.74, 6) is 2.20. The lowest BCUT2D eigenvalue weighted by atomic mass is 9.88. The molecule has 1 saturated heterocycles. The summed E-state index contributed by atoms with van der Waals surface area (Å²) in [6.45, 7) is 4.93. The van der Waals surface area contributed by atoms with Crippen LogP contribution in [0.2, 0.25) is 0 Å². The van der Waals surface area contributed by atoms with Crippen LogP contribution in [0.1, 0.15) is 51.3 Å². The third-order valence-electron chi connectivity index (χ3n) is 5.32. The molecule has 144 valence electrons. The van der Waals surface area contributed by atoms with Gasteiger partial charge in [0.1, 0.15) is 12.9 Å². The Balaban J connectivity index is 1.53. The minimum atomic E-state index is 0.250. The monoisotopic (exact) mass is 361 g/mol. The van der Waals surface area contributed by atoms with Crippen molar-refractivity contribution in [2.45, 2.75) is 58.0 Å². The molecular formula is C18H31N7O. The molecular weight excluding hydrogens is 330 g/mol. The number of aliphatic imine (C=N–C) groups is 1. The molecule has 8 nitrogen and oxygen atoms in total. The van der Waals surface area contributed by atoms with E-state index >= 15 is 0 Å². The first kappa shape index (κ1) is 18.7. The smallest absolute Gasteiger partial charge is 0.225 e. The lowest BCUT2D eigenvalue weighted by Gasteiger charge is -2.26. The van der Waals surface area contributed by atoms with Crippen LogP contribution in [-0.2, 0) is 18.4 Å². The van der Waals surface area contributed by atoms with Gasteiger partial charge in [0.05, 0.1) is 0 Å². The van der Waals surface area contributed by atoms with Gasteiger partial charge < -0.3 is 20.1 Å². The number of likely N-dealkylation sites (tertiary alicyclic amines) is 1. The Morgan fingerprint density at radius 2 is 2.12 bits per heavy atom. The first-order valence-corrected chi connectivity index (χ1v) is 9.84. The largest absolute Gasteiger partial charge is 0.357 e. The Morgan fingerprint density at radius 3 is 2.81 bits per heavy atom. The summed E-state index contributed by atoms with van der Waals surface area (Å²) < 4.78 is 1.87. The fourth-order valence-electron chi connectivity index (χ4n) is 3.80. The van der Waals surface area contributed by atoms with Crippen molar-refractivity contribution in [3.63, 3.8) is 0 Å². The molecule has 1 aromatic rings. The van der Waals surface area contributed by atoms with Crippen LogP contribution < -0.4 is 10.6 Å². The molecule has 2 fully saturated rings. The van der Waals surface area contributed by atoms with Gasteiger partial charge in [-0.25, -0.2) is 4.99 Å². The second kappa shape index (κ2) is 9.00. The Hall–Kier alpha value is -2.12. The number of carbonyl (C=O) groups excluding carboxylic acids is 1. The fraction of sp³-hybridized carbons (Fsp3) is 0.778. The highest BCUT2D eigenvalue weighted by atomic mass is 16.2. The summed E-state index contributed by atoms with van der Waals surface area (Å²) in [5.41, 5.74) is 0. The van der Waals surface area contributed by atoms with Gasteiger partial charge >= 0.3 is 0 Å². The van der Waals surface area contributed by atoms with E-state index in [4.69, 9.17) is 0 Å². The molecule has 1 amide bonds. The van der Waals surface area contributed by atoms with Gasteiger partial charge in [-0.05, 0) is 26.2 Å². The Morgan fingerprint density at radius 1 is 1.31 bits per heavy atom. The number of guanidine groups is 1. The van der Waals surface area contributed by atoms with E-state index in [0.717, 1.165) is 50.7 Å². The van der Waals surface area contributed by atoms with E-state index in [1.165, 1.54) is 19.3 Å². The van der Waals surface area contributed by atoms with Gasteiger partial charge in [0.25, 0.3) is 0 Å². The minimum Gasteiger partial charge on any atom is -0.357 e. The molecule has 0 bridgehead atoms. The van der Waals surface area contributed by atoms with Crippen LogP contribution in [0.5, 0.6) is 0 Å². The molecule has 0 aromatic carbocycles. The third-order valence-corrected chi connectivity index (χ3v) is 5.32. The van der Waals surface area contributed by atoms with Crippen LogP contribution in [0.25, 0.3) is 0 Å². The second-order valence-corrected chi connectivity index (χ2v) is 7.30. The number of carbonyl (C=O) groups is 1. The second-order valence-electron chi connectivity index (χ2n) is 7.30. The van der Waals surface area contributed by atoms with Crippen LogP contribution in [0.15, 0.2) is 11.3 Å². The summed E-state index contributed by atoms with van der Waals surface area (Å²) >= 11 is 0. The molecule has 1 aliphatic heterocycles. The van der Waals surface area contributed by atoms with E-state index < -0.39 is 0 Å². The van der Waals surface area contributed by atoms with E-state index in [-0.39, 0.29) is 12.0 Å². The number of hydrogen-bond donors (Lipinski definition) is 2. The number of nitrogens with zero attached hydrogens (tertiary/aromatic N) is 5. The zero-order valence-corrected chi connectivity index (χ0v) is 15.9. The van der Waals surface area contributed by atoms with Gasteiger partial charge in [-0.1, -0.05) is 19.3 Å². The van der Waals surface area contributed by atoms with Gasteiger partial charge in [-0.15, -0.1) is 10.2 Å². The standard InChI is InChI=1S/C18H31N7O/c1-3-19-18(20-11-16-23-21-13-24(16)2)22-15-9-10-25(12-15)17(26)14-7-5-4-6-8-14/h13-15H,3-12H2,1-2H3,(H2,19,20,22). The van der Waals surface area contributed by atoms with Crippen molar-refractivity contribution in [3.8, 4) is 0 Å². The number of aryl methyl sites for hydroxylation is 1. The van der Waals surface area contributed by atoms with Crippen molar-refractivity contribution < 1.29 is 4.79 Å². The SMILES string of the molecule is CCNC(=NCc1nncn1C)NC1CCN(C(=O)C2CCCCC2)C1. The maximum atomic E-state index is 12.7. The van der Waals surface area contributed by atoms with Crippen molar-refractivity contribution in [2.75, 3.05) is 19.6 Å². The summed E-state index contributed by atoms with van der Waals surface area (Å²) in [7, 11) is 1.91. The number of hydrogen-bond acceptors (Lipinski definition) is 4. The first-order chi connectivity index (χ1) is 12.7. The predicted octanol–water partition coefficient (Wildman–Crippen LogP) is 1.05. The van der Waals surface area contributed by atoms with Gasteiger partial charge in [-0.2, -0.15) is 0 Å². The van der Waals surface area contributed by atoms with Gasteiger partial charge in [-0.3, -0.25) is 4.79 Å². The van der Waals surface area contributed by atoms with Crippen LogP contribution in [0.4, 0.5) is 0 Å². The van der Waals surface area contributed by atoms with Gasteiger partial charge in [0.15, 0.2) is 11.8 Å². The summed E-state index contributed by atoms with van der Waals surface area (Å²) in [4.78, 5) is 19.4. The topological polar surface area (TPSA) is 87.4 Å². The molecule has 1 aliphatic carbocycles. The van der Waals surface area contributed by atoms with Crippen LogP contribution in [0.3, 0.4) is 0 Å².